The van der Waals surface area contributed by atoms with Crippen molar-refractivity contribution in [1.82, 2.24) is 5.16 Å². The number of carboxylic acids is 1. The average Bonchev–Trinajstić information content (AvgIpc) is 2.83. The molecule has 19 heavy (non-hydrogen) atoms. The number of rotatable bonds is 4. The highest BCUT2D eigenvalue weighted by Crippen LogP contribution is 2.31. The zero-order valence-electron chi connectivity index (χ0n) is 10.5. The van der Waals surface area contributed by atoms with E-state index in [1.807, 2.05) is 0 Å². The van der Waals surface area contributed by atoms with Gasteiger partial charge in [-0.1, -0.05) is 5.16 Å². The number of aromatic nitrogens is 1. The van der Waals surface area contributed by atoms with Crippen molar-refractivity contribution in [3.8, 4) is 17.0 Å². The summed E-state index contributed by atoms with van der Waals surface area (Å²) >= 11 is 0. The molecule has 0 aliphatic heterocycles. The van der Waals surface area contributed by atoms with Gasteiger partial charge in [-0.15, -0.1) is 0 Å². The van der Waals surface area contributed by atoms with E-state index in [1.54, 1.807) is 31.4 Å². The molecule has 1 atom stereocenters. The van der Waals surface area contributed by atoms with Gasteiger partial charge in [-0.2, -0.15) is 0 Å². The van der Waals surface area contributed by atoms with Gasteiger partial charge < -0.3 is 19.5 Å². The van der Waals surface area contributed by atoms with Crippen molar-refractivity contribution in [2.24, 2.45) is 0 Å². The van der Waals surface area contributed by atoms with Crippen LogP contribution in [-0.4, -0.2) is 28.4 Å². The lowest BCUT2D eigenvalue weighted by Crippen LogP contribution is -2.02. The standard InChI is InChI=1S/C13H13NO5/c1-7(15)10-11(14-19-12(10)13(16)17)8-3-5-9(18-2)6-4-8/h3-7,15H,1-2H3,(H,16,17)/t7-/m0/s1. The van der Waals surface area contributed by atoms with Gasteiger partial charge in [0, 0.05) is 5.56 Å². The van der Waals surface area contributed by atoms with Crippen LogP contribution >= 0.6 is 0 Å². The molecule has 100 valence electrons. The monoisotopic (exact) mass is 263 g/mol. The Hall–Kier alpha value is -2.34. The number of aliphatic hydroxyl groups excluding tert-OH is 1. The van der Waals surface area contributed by atoms with Crippen LogP contribution in [0.15, 0.2) is 28.8 Å². The molecule has 0 saturated heterocycles. The molecule has 0 aliphatic carbocycles. The number of hydrogen-bond acceptors (Lipinski definition) is 5. The SMILES string of the molecule is COc1ccc(-c2noc(C(=O)O)c2[C@H](C)O)cc1. The van der Waals surface area contributed by atoms with Crippen LogP contribution in [0.4, 0.5) is 0 Å². The lowest BCUT2D eigenvalue weighted by Gasteiger charge is -2.06. The molecule has 6 heteroatoms. The number of benzene rings is 1. The Balaban J connectivity index is 2.52. The molecule has 0 aliphatic rings. The number of carbonyl (C=O) groups is 1. The van der Waals surface area contributed by atoms with Crippen LogP contribution in [-0.2, 0) is 0 Å². The topological polar surface area (TPSA) is 92.8 Å². The quantitative estimate of drug-likeness (QED) is 0.877. The highest BCUT2D eigenvalue weighted by atomic mass is 16.5. The number of carboxylic acid groups (broad SMARTS) is 1. The Labute approximate surface area is 109 Å². The fourth-order valence-corrected chi connectivity index (χ4v) is 1.80. The maximum absolute atomic E-state index is 11.0. The van der Waals surface area contributed by atoms with Crippen molar-refractivity contribution in [1.29, 1.82) is 0 Å². The van der Waals surface area contributed by atoms with Crippen LogP contribution in [0.2, 0.25) is 0 Å². The van der Waals surface area contributed by atoms with Crippen molar-refractivity contribution in [2.45, 2.75) is 13.0 Å². The Morgan fingerprint density at radius 2 is 2.00 bits per heavy atom. The van der Waals surface area contributed by atoms with Gasteiger partial charge in [0.15, 0.2) is 0 Å². The summed E-state index contributed by atoms with van der Waals surface area (Å²) in [6.45, 7) is 1.46. The third-order valence-electron chi connectivity index (χ3n) is 2.70. The predicted octanol–water partition coefficient (Wildman–Crippen LogP) is 2.10. The molecule has 0 spiro atoms. The first-order valence-electron chi connectivity index (χ1n) is 5.60. The number of methoxy groups -OCH3 is 1. The number of hydrogen-bond donors (Lipinski definition) is 2. The highest BCUT2D eigenvalue weighted by molar-refractivity contribution is 5.88. The van der Waals surface area contributed by atoms with E-state index in [9.17, 15) is 9.90 Å². The van der Waals surface area contributed by atoms with E-state index in [1.165, 1.54) is 6.92 Å². The molecular weight excluding hydrogens is 250 g/mol. The maximum atomic E-state index is 11.0. The van der Waals surface area contributed by atoms with Gasteiger partial charge >= 0.3 is 5.97 Å². The molecule has 0 fully saturated rings. The molecule has 0 saturated carbocycles. The number of nitrogens with zero attached hydrogens (tertiary/aromatic N) is 1. The summed E-state index contributed by atoms with van der Waals surface area (Å²) in [6, 6.07) is 6.87. The molecule has 1 heterocycles. The molecule has 1 aromatic heterocycles. The van der Waals surface area contributed by atoms with Crippen molar-refractivity contribution < 1.29 is 24.3 Å². The van der Waals surface area contributed by atoms with E-state index >= 15 is 0 Å². The van der Waals surface area contributed by atoms with Crippen LogP contribution in [0.1, 0.15) is 29.1 Å². The lowest BCUT2D eigenvalue weighted by molar-refractivity contribution is 0.0643. The van der Waals surface area contributed by atoms with E-state index in [-0.39, 0.29) is 11.3 Å². The summed E-state index contributed by atoms with van der Waals surface area (Å²) in [4.78, 5) is 11.0. The predicted molar refractivity (Wildman–Crippen MR) is 66.1 cm³/mol. The van der Waals surface area contributed by atoms with Gasteiger partial charge in [-0.25, -0.2) is 4.79 Å². The summed E-state index contributed by atoms with van der Waals surface area (Å²) in [7, 11) is 1.55. The van der Waals surface area contributed by atoms with Crippen molar-refractivity contribution in [3.05, 3.63) is 35.6 Å². The minimum Gasteiger partial charge on any atom is -0.497 e. The van der Waals surface area contributed by atoms with Gasteiger partial charge in [-0.05, 0) is 31.2 Å². The molecule has 2 aromatic rings. The first kappa shape index (κ1) is 13.1. The molecule has 0 bridgehead atoms. The Morgan fingerprint density at radius 3 is 2.47 bits per heavy atom. The fourth-order valence-electron chi connectivity index (χ4n) is 1.80. The van der Waals surface area contributed by atoms with Crippen molar-refractivity contribution in [3.63, 3.8) is 0 Å². The lowest BCUT2D eigenvalue weighted by atomic mass is 10.0. The number of aliphatic hydroxyl groups is 1. The summed E-state index contributed by atoms with van der Waals surface area (Å²) in [5.41, 5.74) is 1.13. The Morgan fingerprint density at radius 1 is 1.37 bits per heavy atom. The molecule has 0 unspecified atom stereocenters. The number of ether oxygens (including phenoxy) is 1. The molecule has 2 N–H and O–H groups in total. The third-order valence-corrected chi connectivity index (χ3v) is 2.70. The highest BCUT2D eigenvalue weighted by Gasteiger charge is 2.25. The molecule has 0 radical (unpaired) electrons. The van der Waals surface area contributed by atoms with Crippen LogP contribution in [0.3, 0.4) is 0 Å². The third kappa shape index (κ3) is 2.43. The summed E-state index contributed by atoms with van der Waals surface area (Å²) in [6.07, 6.45) is -0.991. The molecule has 6 nitrogen and oxygen atoms in total. The molecule has 1 aromatic carbocycles. The summed E-state index contributed by atoms with van der Waals surface area (Å²) in [5.74, 6) is -0.937. The summed E-state index contributed by atoms with van der Waals surface area (Å²) in [5, 5.41) is 22.4. The summed E-state index contributed by atoms with van der Waals surface area (Å²) < 4.78 is 9.83. The maximum Gasteiger partial charge on any atom is 0.375 e. The average molecular weight is 263 g/mol. The minimum absolute atomic E-state index is 0.165. The zero-order valence-corrected chi connectivity index (χ0v) is 10.5. The normalized spacial score (nSPS) is 12.2. The zero-order chi connectivity index (χ0) is 14.0. The van der Waals surface area contributed by atoms with Crippen LogP contribution in [0, 0.1) is 0 Å². The van der Waals surface area contributed by atoms with Crippen LogP contribution < -0.4 is 4.74 Å². The van der Waals surface area contributed by atoms with Gasteiger partial charge in [-0.3, -0.25) is 0 Å². The van der Waals surface area contributed by atoms with Gasteiger partial charge in [0.25, 0.3) is 0 Å². The van der Waals surface area contributed by atoms with E-state index in [0.29, 0.717) is 17.0 Å². The first-order chi connectivity index (χ1) is 9.04. The van der Waals surface area contributed by atoms with E-state index in [4.69, 9.17) is 14.4 Å². The molecule has 2 rings (SSSR count). The van der Waals surface area contributed by atoms with E-state index in [0.717, 1.165) is 0 Å². The Bertz CT molecular complexity index is 586. The smallest absolute Gasteiger partial charge is 0.375 e. The van der Waals surface area contributed by atoms with Crippen molar-refractivity contribution in [2.75, 3.05) is 7.11 Å². The number of aromatic carboxylic acids is 1. The van der Waals surface area contributed by atoms with Gasteiger partial charge in [0.1, 0.15) is 11.4 Å². The minimum atomic E-state index is -1.26. The van der Waals surface area contributed by atoms with Gasteiger partial charge in [0.05, 0.1) is 18.8 Å². The van der Waals surface area contributed by atoms with Crippen LogP contribution in [0.25, 0.3) is 11.3 Å². The Kier molecular flexibility index (Phi) is 3.52. The molecular formula is C13H13NO5. The van der Waals surface area contributed by atoms with Gasteiger partial charge in [0.2, 0.25) is 5.76 Å². The second kappa shape index (κ2) is 5.11. The van der Waals surface area contributed by atoms with Crippen molar-refractivity contribution >= 4 is 5.97 Å². The first-order valence-corrected chi connectivity index (χ1v) is 5.60. The fraction of sp³-hybridized carbons (Fsp3) is 0.231. The molecule has 0 amide bonds. The second-order valence-corrected chi connectivity index (χ2v) is 3.98. The van der Waals surface area contributed by atoms with E-state index < -0.39 is 12.1 Å². The van der Waals surface area contributed by atoms with Crippen LogP contribution in [0.5, 0.6) is 5.75 Å². The van der Waals surface area contributed by atoms with E-state index in [2.05, 4.69) is 5.16 Å². The largest absolute Gasteiger partial charge is 0.497 e. The second-order valence-electron chi connectivity index (χ2n) is 3.98.